The molecule has 2 nitrogen and oxygen atoms in total. The lowest BCUT2D eigenvalue weighted by Crippen LogP contribution is -2.45. The summed E-state index contributed by atoms with van der Waals surface area (Å²) in [4.78, 5) is 0. The smallest absolute Gasteiger partial charge is 0.185 e. The van der Waals surface area contributed by atoms with Gasteiger partial charge in [0.2, 0.25) is 0 Å². The van der Waals surface area contributed by atoms with E-state index in [1.807, 2.05) is 16.9 Å². The zero-order chi connectivity index (χ0) is 13.4. The lowest BCUT2D eigenvalue weighted by molar-refractivity contribution is 0.448. The topological polar surface area (TPSA) is 17.8 Å². The summed E-state index contributed by atoms with van der Waals surface area (Å²) >= 11 is 0. The van der Waals surface area contributed by atoms with Crippen molar-refractivity contribution in [2.24, 2.45) is 0 Å². The van der Waals surface area contributed by atoms with Crippen molar-refractivity contribution in [2.75, 3.05) is 0 Å². The minimum atomic E-state index is 0.762. The highest BCUT2D eigenvalue weighted by Crippen LogP contribution is 2.46. The summed E-state index contributed by atoms with van der Waals surface area (Å²) < 4.78 is 2.04. The number of fused-ring (bicyclic) bond motifs is 2. The first kappa shape index (κ1) is 12.3. The number of rotatable bonds is 2. The minimum absolute atomic E-state index is 0.762. The third kappa shape index (κ3) is 2.00. The van der Waals surface area contributed by atoms with Crippen molar-refractivity contribution in [3.8, 4) is 5.69 Å². The van der Waals surface area contributed by atoms with Crippen molar-refractivity contribution in [1.82, 2.24) is 9.78 Å². The van der Waals surface area contributed by atoms with Gasteiger partial charge in [0.05, 0.1) is 5.69 Å². The molecule has 0 unspecified atom stereocenters. The van der Waals surface area contributed by atoms with Crippen LogP contribution in [0.25, 0.3) is 5.69 Å². The molecule has 102 valence electrons. The molecule has 0 saturated carbocycles. The summed E-state index contributed by atoms with van der Waals surface area (Å²) in [5.74, 6) is 1.80. The van der Waals surface area contributed by atoms with E-state index < -0.39 is 0 Å². The standard InChI is InChI=1S/C17H21BN2/c1-2-11-17(20-13-5-12-19-20)16(10-1)18-14-6-3-7-15(18)9-4-8-14/h1-2,5,10-15H,3-4,6-9H2. The molecular weight excluding hydrogens is 243 g/mol. The summed E-state index contributed by atoms with van der Waals surface area (Å²) in [5.41, 5.74) is 2.83. The number of nitrogens with zero attached hydrogens (tertiary/aromatic N) is 2. The van der Waals surface area contributed by atoms with Gasteiger partial charge >= 0.3 is 0 Å². The Balaban J connectivity index is 1.78. The van der Waals surface area contributed by atoms with Gasteiger partial charge in [0, 0.05) is 12.4 Å². The monoisotopic (exact) mass is 264 g/mol. The Morgan fingerprint density at radius 3 is 2.30 bits per heavy atom. The average Bonchev–Trinajstić information content (AvgIpc) is 3.00. The number of hydrogen-bond acceptors (Lipinski definition) is 1. The van der Waals surface area contributed by atoms with Crippen LogP contribution in [0, 0.1) is 0 Å². The van der Waals surface area contributed by atoms with E-state index in [2.05, 4.69) is 35.6 Å². The van der Waals surface area contributed by atoms with E-state index >= 15 is 0 Å². The van der Waals surface area contributed by atoms with Gasteiger partial charge in [0.15, 0.2) is 6.71 Å². The average molecular weight is 264 g/mol. The summed E-state index contributed by atoms with van der Waals surface area (Å²) in [7, 11) is 0. The van der Waals surface area contributed by atoms with Crippen LogP contribution in [0.3, 0.4) is 0 Å². The van der Waals surface area contributed by atoms with Gasteiger partial charge in [-0.15, -0.1) is 0 Å². The van der Waals surface area contributed by atoms with Gasteiger partial charge in [-0.1, -0.05) is 73.8 Å². The van der Waals surface area contributed by atoms with Crippen molar-refractivity contribution >= 4 is 12.2 Å². The van der Waals surface area contributed by atoms with E-state index in [4.69, 9.17) is 0 Å². The van der Waals surface area contributed by atoms with Crippen molar-refractivity contribution < 1.29 is 0 Å². The van der Waals surface area contributed by atoms with Crippen molar-refractivity contribution in [3.05, 3.63) is 42.7 Å². The Hall–Kier alpha value is -1.51. The molecule has 20 heavy (non-hydrogen) atoms. The summed E-state index contributed by atoms with van der Waals surface area (Å²) in [5, 5.41) is 4.45. The van der Waals surface area contributed by atoms with Gasteiger partial charge in [-0.2, -0.15) is 5.10 Å². The fraction of sp³-hybridized carbons (Fsp3) is 0.471. The second-order valence-electron chi connectivity index (χ2n) is 6.42. The van der Waals surface area contributed by atoms with Crippen LogP contribution in [0.4, 0.5) is 0 Å². The molecule has 2 fully saturated rings. The molecular formula is C17H21BN2. The normalized spacial score (nSPS) is 25.7. The molecule has 0 N–H and O–H groups in total. The molecule has 3 heteroatoms. The van der Waals surface area contributed by atoms with Gasteiger partial charge < -0.3 is 0 Å². The SMILES string of the molecule is c1ccc(-n2cccn2)c(B2C3CCCC2CCC3)c1. The van der Waals surface area contributed by atoms with Crippen LogP contribution >= 0.6 is 0 Å². The lowest BCUT2D eigenvalue weighted by atomic mass is 9.24. The molecule has 0 spiro atoms. The third-order valence-corrected chi connectivity index (χ3v) is 5.36. The maximum atomic E-state index is 4.45. The Bertz CT molecular complexity index is 556. The first-order valence-electron chi connectivity index (χ1n) is 8.02. The highest BCUT2D eigenvalue weighted by atomic mass is 15.3. The largest absolute Gasteiger partial charge is 0.242 e. The quantitative estimate of drug-likeness (QED) is 0.756. The predicted octanol–water partition coefficient (Wildman–Crippen LogP) is 3.68. The number of benzene rings is 1. The molecule has 2 aromatic rings. The van der Waals surface area contributed by atoms with E-state index in [0.29, 0.717) is 0 Å². The van der Waals surface area contributed by atoms with Gasteiger partial charge in [0.1, 0.15) is 0 Å². The molecule has 0 amide bonds. The van der Waals surface area contributed by atoms with Gasteiger partial charge in [-0.25, -0.2) is 4.68 Å². The van der Waals surface area contributed by atoms with Crippen LogP contribution in [0.2, 0.25) is 11.6 Å². The molecule has 0 atom stereocenters. The van der Waals surface area contributed by atoms with Gasteiger partial charge in [0.25, 0.3) is 0 Å². The van der Waals surface area contributed by atoms with Crippen molar-refractivity contribution in [1.29, 1.82) is 0 Å². The fourth-order valence-electron chi connectivity index (χ4n) is 4.57. The summed E-state index contributed by atoms with van der Waals surface area (Å²) in [6.45, 7) is 0.762. The number of para-hydroxylation sites is 1. The van der Waals surface area contributed by atoms with Crippen LogP contribution < -0.4 is 5.46 Å². The van der Waals surface area contributed by atoms with E-state index in [9.17, 15) is 0 Å². The maximum Gasteiger partial charge on any atom is 0.185 e. The second kappa shape index (κ2) is 5.12. The lowest BCUT2D eigenvalue weighted by Gasteiger charge is -2.41. The highest BCUT2D eigenvalue weighted by Gasteiger charge is 2.41. The van der Waals surface area contributed by atoms with Gasteiger partial charge in [-0.3, -0.25) is 0 Å². The van der Waals surface area contributed by atoms with Crippen molar-refractivity contribution in [3.63, 3.8) is 0 Å². The highest BCUT2D eigenvalue weighted by molar-refractivity contribution is 6.77. The van der Waals surface area contributed by atoms with Crippen LogP contribution in [-0.2, 0) is 0 Å². The molecule has 3 heterocycles. The van der Waals surface area contributed by atoms with Crippen molar-refractivity contribution in [2.45, 2.75) is 50.2 Å². The molecule has 2 bridgehead atoms. The molecule has 2 aliphatic heterocycles. The molecule has 4 rings (SSSR count). The Labute approximate surface area is 121 Å². The molecule has 2 aliphatic rings. The molecule has 0 aliphatic carbocycles. The zero-order valence-electron chi connectivity index (χ0n) is 11.9. The molecule has 1 aromatic carbocycles. The van der Waals surface area contributed by atoms with E-state index in [1.165, 1.54) is 49.7 Å². The minimum Gasteiger partial charge on any atom is -0.242 e. The number of aromatic nitrogens is 2. The predicted molar refractivity (Wildman–Crippen MR) is 84.2 cm³/mol. The van der Waals surface area contributed by atoms with E-state index in [-0.39, 0.29) is 0 Å². The van der Waals surface area contributed by atoms with E-state index in [0.717, 1.165) is 18.3 Å². The van der Waals surface area contributed by atoms with E-state index in [1.54, 1.807) is 0 Å². The first-order valence-corrected chi connectivity index (χ1v) is 8.02. The first-order chi connectivity index (χ1) is 9.93. The third-order valence-electron chi connectivity index (χ3n) is 5.36. The van der Waals surface area contributed by atoms with Gasteiger partial charge in [-0.05, 0) is 12.1 Å². The van der Waals surface area contributed by atoms with Crippen LogP contribution in [-0.4, -0.2) is 16.5 Å². The molecule has 0 radical (unpaired) electrons. The van der Waals surface area contributed by atoms with Crippen LogP contribution in [0.5, 0.6) is 0 Å². The second-order valence-corrected chi connectivity index (χ2v) is 6.42. The van der Waals surface area contributed by atoms with Crippen LogP contribution in [0.15, 0.2) is 42.7 Å². The summed E-state index contributed by atoms with van der Waals surface area (Å²) in [6, 6.07) is 10.9. The Morgan fingerprint density at radius 1 is 0.950 bits per heavy atom. The summed E-state index contributed by atoms with van der Waals surface area (Å²) in [6.07, 6.45) is 12.5. The molecule has 2 saturated heterocycles. The Morgan fingerprint density at radius 2 is 1.65 bits per heavy atom. The maximum absolute atomic E-state index is 4.45. The van der Waals surface area contributed by atoms with Crippen LogP contribution in [0.1, 0.15) is 38.5 Å². The molecule has 1 aromatic heterocycles. The fourth-order valence-corrected chi connectivity index (χ4v) is 4.57. The zero-order valence-corrected chi connectivity index (χ0v) is 11.9. The Kier molecular flexibility index (Phi) is 3.14. The number of hydrogen-bond donors (Lipinski definition) is 0.